The van der Waals surface area contributed by atoms with Crippen molar-refractivity contribution in [2.24, 2.45) is 0 Å². The zero-order valence-corrected chi connectivity index (χ0v) is 14.5. The first-order chi connectivity index (χ1) is 10.7. The second-order valence-corrected chi connectivity index (χ2v) is 7.23. The van der Waals surface area contributed by atoms with Crippen LogP contribution in [-0.2, 0) is 16.6 Å². The van der Waals surface area contributed by atoms with E-state index in [9.17, 15) is 13.2 Å². The van der Waals surface area contributed by atoms with Crippen molar-refractivity contribution in [1.29, 1.82) is 0 Å². The molecule has 2 rings (SSSR count). The molecule has 23 heavy (non-hydrogen) atoms. The molecule has 0 aliphatic heterocycles. The van der Waals surface area contributed by atoms with E-state index in [1.807, 2.05) is 0 Å². The number of hydrogen-bond acceptors (Lipinski definition) is 4. The quantitative estimate of drug-likeness (QED) is 0.859. The number of halogens is 1. The molecule has 1 aromatic heterocycles. The summed E-state index contributed by atoms with van der Waals surface area (Å²) in [6.45, 7) is 3.39. The third-order valence-corrected chi connectivity index (χ3v) is 5.01. The highest BCUT2D eigenvalue weighted by Gasteiger charge is 2.20. The molecule has 0 saturated carbocycles. The van der Waals surface area contributed by atoms with Crippen molar-refractivity contribution >= 4 is 21.6 Å². The van der Waals surface area contributed by atoms with Crippen molar-refractivity contribution in [3.8, 4) is 5.75 Å². The van der Waals surface area contributed by atoms with Crippen LogP contribution in [0, 0.1) is 13.8 Å². The Labute approximate surface area is 139 Å². The van der Waals surface area contributed by atoms with Gasteiger partial charge in [-0.2, -0.15) is 0 Å². The Morgan fingerprint density at radius 3 is 2.57 bits per heavy atom. The lowest BCUT2D eigenvalue weighted by Gasteiger charge is -2.12. The predicted molar refractivity (Wildman–Crippen MR) is 88.6 cm³/mol. The predicted octanol–water partition coefficient (Wildman–Crippen LogP) is 2.13. The standard InChI is InChI=1S/C15H17ClN2O4S/c1-9-6-10(2)18-15(19)12(9)8-17-23(20,21)14-7-11(16)4-5-13(14)22-3/h4-7,17H,8H2,1-3H3,(H,18,19). The number of nitrogens with one attached hydrogen (secondary N) is 2. The summed E-state index contributed by atoms with van der Waals surface area (Å²) >= 11 is 5.86. The fraction of sp³-hybridized carbons (Fsp3) is 0.267. The van der Waals surface area contributed by atoms with Crippen LogP contribution in [0.2, 0.25) is 5.02 Å². The van der Waals surface area contributed by atoms with Gasteiger partial charge in [-0.15, -0.1) is 0 Å². The van der Waals surface area contributed by atoms with Gasteiger partial charge in [0.25, 0.3) is 5.56 Å². The van der Waals surface area contributed by atoms with Gasteiger partial charge in [0.2, 0.25) is 10.0 Å². The average molecular weight is 357 g/mol. The molecular formula is C15H17ClN2O4S. The van der Waals surface area contributed by atoms with E-state index in [1.54, 1.807) is 19.9 Å². The van der Waals surface area contributed by atoms with E-state index in [4.69, 9.17) is 16.3 Å². The maximum absolute atomic E-state index is 12.5. The molecule has 1 aromatic carbocycles. The fourth-order valence-electron chi connectivity index (χ4n) is 2.21. The lowest BCUT2D eigenvalue weighted by Crippen LogP contribution is -2.28. The van der Waals surface area contributed by atoms with E-state index in [1.165, 1.54) is 25.3 Å². The highest BCUT2D eigenvalue weighted by Crippen LogP contribution is 2.26. The normalized spacial score (nSPS) is 11.5. The number of ether oxygens (including phenoxy) is 1. The molecule has 2 N–H and O–H groups in total. The van der Waals surface area contributed by atoms with Crippen LogP contribution in [0.5, 0.6) is 5.75 Å². The zero-order chi connectivity index (χ0) is 17.2. The molecule has 0 aliphatic rings. The Bertz CT molecular complexity index is 891. The first-order valence-electron chi connectivity index (χ1n) is 6.77. The van der Waals surface area contributed by atoms with Crippen LogP contribution in [0.15, 0.2) is 34.0 Å². The van der Waals surface area contributed by atoms with Gasteiger partial charge in [-0.1, -0.05) is 11.6 Å². The van der Waals surface area contributed by atoms with Crippen molar-refractivity contribution in [3.05, 3.63) is 56.5 Å². The molecule has 0 radical (unpaired) electrons. The summed E-state index contributed by atoms with van der Waals surface area (Å²) in [5.41, 5.74) is 1.48. The van der Waals surface area contributed by atoms with Gasteiger partial charge >= 0.3 is 0 Å². The molecule has 0 saturated heterocycles. The number of aromatic nitrogens is 1. The summed E-state index contributed by atoms with van der Waals surface area (Å²) in [6.07, 6.45) is 0. The minimum Gasteiger partial charge on any atom is -0.495 e. The van der Waals surface area contributed by atoms with E-state index in [2.05, 4.69) is 9.71 Å². The average Bonchev–Trinajstić information content (AvgIpc) is 2.46. The number of hydrogen-bond donors (Lipinski definition) is 2. The van der Waals surface area contributed by atoms with Crippen LogP contribution in [0.4, 0.5) is 0 Å². The largest absolute Gasteiger partial charge is 0.495 e. The Morgan fingerprint density at radius 2 is 1.96 bits per heavy atom. The topological polar surface area (TPSA) is 88.3 Å². The van der Waals surface area contributed by atoms with E-state index in [-0.39, 0.29) is 27.8 Å². The molecule has 0 unspecified atom stereocenters. The van der Waals surface area contributed by atoms with Crippen molar-refractivity contribution in [3.63, 3.8) is 0 Å². The van der Waals surface area contributed by atoms with Gasteiger partial charge in [-0.25, -0.2) is 13.1 Å². The summed E-state index contributed by atoms with van der Waals surface area (Å²) in [7, 11) is -2.51. The van der Waals surface area contributed by atoms with Crippen molar-refractivity contribution < 1.29 is 13.2 Å². The zero-order valence-electron chi connectivity index (χ0n) is 12.9. The van der Waals surface area contributed by atoms with Crippen molar-refractivity contribution in [1.82, 2.24) is 9.71 Å². The molecule has 0 aliphatic carbocycles. The Hall–Kier alpha value is -1.83. The molecule has 0 bridgehead atoms. The van der Waals surface area contributed by atoms with Crippen LogP contribution < -0.4 is 15.0 Å². The van der Waals surface area contributed by atoms with E-state index in [0.717, 1.165) is 5.69 Å². The molecule has 8 heteroatoms. The van der Waals surface area contributed by atoms with Crippen LogP contribution in [0.25, 0.3) is 0 Å². The molecule has 1 heterocycles. The van der Waals surface area contributed by atoms with Crippen LogP contribution in [0.1, 0.15) is 16.8 Å². The SMILES string of the molecule is COc1ccc(Cl)cc1S(=O)(=O)NCc1c(C)cc(C)[nH]c1=O. The fourth-order valence-corrected chi connectivity index (χ4v) is 3.63. The molecule has 0 atom stereocenters. The van der Waals surface area contributed by atoms with Crippen molar-refractivity contribution in [2.75, 3.05) is 7.11 Å². The lowest BCUT2D eigenvalue weighted by atomic mass is 10.1. The minimum atomic E-state index is -3.88. The number of pyridine rings is 1. The smallest absolute Gasteiger partial charge is 0.252 e. The maximum atomic E-state index is 12.5. The van der Waals surface area contributed by atoms with Gasteiger partial charge < -0.3 is 9.72 Å². The molecule has 2 aromatic rings. The maximum Gasteiger partial charge on any atom is 0.252 e. The van der Waals surface area contributed by atoms with Gasteiger partial charge in [0, 0.05) is 22.8 Å². The Morgan fingerprint density at radius 1 is 1.26 bits per heavy atom. The summed E-state index contributed by atoms with van der Waals surface area (Å²) < 4.78 is 32.4. The number of aryl methyl sites for hydroxylation is 2. The Balaban J connectivity index is 2.34. The van der Waals surface area contributed by atoms with E-state index >= 15 is 0 Å². The molecular weight excluding hydrogens is 340 g/mol. The number of sulfonamides is 1. The molecule has 0 amide bonds. The second-order valence-electron chi connectivity index (χ2n) is 5.06. The third kappa shape index (κ3) is 3.93. The van der Waals surface area contributed by atoms with E-state index in [0.29, 0.717) is 11.1 Å². The number of H-pyrrole nitrogens is 1. The number of methoxy groups -OCH3 is 1. The molecule has 6 nitrogen and oxygen atoms in total. The molecule has 0 spiro atoms. The summed E-state index contributed by atoms with van der Waals surface area (Å²) in [4.78, 5) is 14.5. The minimum absolute atomic E-state index is 0.0753. The van der Waals surface area contributed by atoms with Gasteiger partial charge in [-0.3, -0.25) is 4.79 Å². The van der Waals surface area contributed by atoms with Gasteiger partial charge in [0.05, 0.1) is 7.11 Å². The van der Waals surface area contributed by atoms with Crippen LogP contribution in [-0.4, -0.2) is 20.5 Å². The number of benzene rings is 1. The van der Waals surface area contributed by atoms with E-state index < -0.39 is 10.0 Å². The van der Waals surface area contributed by atoms with Crippen molar-refractivity contribution in [2.45, 2.75) is 25.3 Å². The summed E-state index contributed by atoms with van der Waals surface area (Å²) in [5, 5.41) is 0.274. The first-order valence-corrected chi connectivity index (χ1v) is 8.63. The summed E-state index contributed by atoms with van der Waals surface area (Å²) in [5.74, 6) is 0.177. The lowest BCUT2D eigenvalue weighted by molar-refractivity contribution is 0.402. The highest BCUT2D eigenvalue weighted by atomic mass is 35.5. The Kier molecular flexibility index (Phi) is 5.13. The first kappa shape index (κ1) is 17.5. The molecule has 0 fully saturated rings. The summed E-state index contributed by atoms with van der Waals surface area (Å²) in [6, 6.07) is 6.09. The molecule has 124 valence electrons. The number of aromatic amines is 1. The highest BCUT2D eigenvalue weighted by molar-refractivity contribution is 7.89. The second kappa shape index (κ2) is 6.74. The van der Waals surface area contributed by atoms with Gasteiger partial charge in [0.15, 0.2) is 0 Å². The van der Waals surface area contributed by atoms with Gasteiger partial charge in [-0.05, 0) is 43.7 Å². The van der Waals surface area contributed by atoms with Gasteiger partial charge in [0.1, 0.15) is 10.6 Å². The van der Waals surface area contributed by atoms with Crippen LogP contribution >= 0.6 is 11.6 Å². The number of rotatable bonds is 5. The monoisotopic (exact) mass is 356 g/mol. The third-order valence-electron chi connectivity index (χ3n) is 3.35. The van der Waals surface area contributed by atoms with Crippen LogP contribution in [0.3, 0.4) is 0 Å².